The van der Waals surface area contributed by atoms with Gasteiger partial charge in [0.25, 0.3) is 0 Å². The first kappa shape index (κ1) is 16.8. The summed E-state index contributed by atoms with van der Waals surface area (Å²) in [6.07, 6.45) is 2.60. The first-order chi connectivity index (χ1) is 9.19. The number of carbonyl (C=O) groups is 2. The zero-order valence-corrected chi connectivity index (χ0v) is 12.7. The standard InChI is InChI=1S/C11H16N4O3S.ClH/c1-18-9(16)5-4-8-14-15-11(19-8)13-10(17)7-3-2-6-12-7;/h7,12H,2-6H2,1H3,(H,13,15,17);1H. The van der Waals surface area contributed by atoms with E-state index in [0.29, 0.717) is 16.6 Å². The van der Waals surface area contributed by atoms with Crippen LogP contribution >= 0.6 is 23.7 Å². The lowest BCUT2D eigenvalue weighted by atomic mass is 10.2. The van der Waals surface area contributed by atoms with E-state index in [1.54, 1.807) is 0 Å². The molecule has 2 rings (SSSR count). The van der Waals surface area contributed by atoms with Crippen molar-refractivity contribution in [1.29, 1.82) is 0 Å². The molecule has 0 bridgehead atoms. The van der Waals surface area contributed by atoms with Crippen molar-refractivity contribution in [3.05, 3.63) is 5.01 Å². The molecular weight excluding hydrogens is 304 g/mol. The van der Waals surface area contributed by atoms with Gasteiger partial charge in [0.1, 0.15) is 5.01 Å². The zero-order chi connectivity index (χ0) is 13.7. The predicted molar refractivity (Wildman–Crippen MR) is 77.1 cm³/mol. The third kappa shape index (κ3) is 4.69. The molecular formula is C11H17ClN4O3S. The number of rotatable bonds is 5. The van der Waals surface area contributed by atoms with Crippen LogP contribution < -0.4 is 10.6 Å². The number of aryl methyl sites for hydroxylation is 1. The van der Waals surface area contributed by atoms with Crippen LogP contribution in [0.2, 0.25) is 0 Å². The molecule has 9 heteroatoms. The zero-order valence-electron chi connectivity index (χ0n) is 11.0. The van der Waals surface area contributed by atoms with Gasteiger partial charge in [-0.1, -0.05) is 11.3 Å². The van der Waals surface area contributed by atoms with Gasteiger partial charge in [0.15, 0.2) is 0 Å². The summed E-state index contributed by atoms with van der Waals surface area (Å²) in [4.78, 5) is 22.8. The van der Waals surface area contributed by atoms with Gasteiger partial charge >= 0.3 is 5.97 Å². The summed E-state index contributed by atoms with van der Waals surface area (Å²) in [7, 11) is 1.35. The number of esters is 1. The Labute approximate surface area is 126 Å². The molecule has 112 valence electrons. The summed E-state index contributed by atoms with van der Waals surface area (Å²) >= 11 is 1.28. The highest BCUT2D eigenvalue weighted by Crippen LogP contribution is 2.18. The van der Waals surface area contributed by atoms with Crippen molar-refractivity contribution in [2.45, 2.75) is 31.7 Å². The van der Waals surface area contributed by atoms with E-state index in [1.807, 2.05) is 0 Å². The molecule has 0 radical (unpaired) electrons. The van der Waals surface area contributed by atoms with Gasteiger partial charge in [-0.05, 0) is 19.4 Å². The summed E-state index contributed by atoms with van der Waals surface area (Å²) in [5.41, 5.74) is 0. The van der Waals surface area contributed by atoms with Crippen molar-refractivity contribution in [2.24, 2.45) is 0 Å². The van der Waals surface area contributed by atoms with Crippen LogP contribution in [0.25, 0.3) is 0 Å². The Hall–Kier alpha value is -1.25. The molecule has 1 unspecified atom stereocenters. The third-order valence-corrected chi connectivity index (χ3v) is 3.74. The fraction of sp³-hybridized carbons (Fsp3) is 0.636. The Morgan fingerprint density at radius 1 is 1.50 bits per heavy atom. The summed E-state index contributed by atoms with van der Waals surface area (Å²) in [5.74, 6) is -0.357. The molecule has 1 saturated heterocycles. The minimum Gasteiger partial charge on any atom is -0.469 e. The van der Waals surface area contributed by atoms with Gasteiger partial charge in [-0.15, -0.1) is 22.6 Å². The van der Waals surface area contributed by atoms with E-state index in [-0.39, 0.29) is 36.7 Å². The first-order valence-electron chi connectivity index (χ1n) is 6.12. The number of aromatic nitrogens is 2. The van der Waals surface area contributed by atoms with Crippen LogP contribution in [-0.2, 0) is 20.7 Å². The van der Waals surface area contributed by atoms with Crippen molar-refractivity contribution < 1.29 is 14.3 Å². The fourth-order valence-corrected chi connectivity index (χ4v) is 2.56. The number of anilines is 1. The van der Waals surface area contributed by atoms with Gasteiger partial charge in [0.05, 0.1) is 19.6 Å². The number of nitrogens with one attached hydrogen (secondary N) is 2. The Morgan fingerprint density at radius 2 is 2.30 bits per heavy atom. The van der Waals surface area contributed by atoms with Gasteiger partial charge < -0.3 is 10.1 Å². The highest BCUT2D eigenvalue weighted by Gasteiger charge is 2.22. The number of amides is 1. The summed E-state index contributed by atoms with van der Waals surface area (Å²) in [5, 5.41) is 14.8. The van der Waals surface area contributed by atoms with Crippen LogP contribution in [0.1, 0.15) is 24.3 Å². The van der Waals surface area contributed by atoms with E-state index in [2.05, 4.69) is 25.6 Å². The maximum atomic E-state index is 11.8. The van der Waals surface area contributed by atoms with Crippen LogP contribution in [0.5, 0.6) is 0 Å². The fourth-order valence-electron chi connectivity index (χ4n) is 1.82. The maximum absolute atomic E-state index is 11.8. The second kappa shape index (κ2) is 8.13. The maximum Gasteiger partial charge on any atom is 0.305 e. The molecule has 1 aromatic rings. The minimum atomic E-state index is -0.282. The second-order valence-corrected chi connectivity index (χ2v) is 5.28. The molecule has 7 nitrogen and oxygen atoms in total. The molecule has 20 heavy (non-hydrogen) atoms. The lowest BCUT2D eigenvalue weighted by Gasteiger charge is -2.07. The predicted octanol–water partition coefficient (Wildman–Crippen LogP) is 0.756. The molecule has 1 aliphatic heterocycles. The van der Waals surface area contributed by atoms with Gasteiger partial charge in [0.2, 0.25) is 11.0 Å². The van der Waals surface area contributed by atoms with E-state index >= 15 is 0 Å². The summed E-state index contributed by atoms with van der Waals surface area (Å²) in [6.45, 7) is 0.874. The van der Waals surface area contributed by atoms with Crippen molar-refractivity contribution >= 4 is 40.8 Å². The van der Waals surface area contributed by atoms with E-state index in [9.17, 15) is 9.59 Å². The second-order valence-electron chi connectivity index (χ2n) is 4.22. The third-order valence-electron chi connectivity index (χ3n) is 2.84. The van der Waals surface area contributed by atoms with E-state index < -0.39 is 0 Å². The summed E-state index contributed by atoms with van der Waals surface area (Å²) < 4.78 is 4.55. The van der Waals surface area contributed by atoms with Crippen LogP contribution in [0.3, 0.4) is 0 Å². The molecule has 2 heterocycles. The largest absolute Gasteiger partial charge is 0.469 e. The van der Waals surface area contributed by atoms with Crippen molar-refractivity contribution in [2.75, 3.05) is 19.0 Å². The minimum absolute atomic E-state index is 0. The number of carbonyl (C=O) groups excluding carboxylic acids is 2. The number of ether oxygens (including phenoxy) is 1. The molecule has 0 aliphatic carbocycles. The van der Waals surface area contributed by atoms with Crippen molar-refractivity contribution in [3.8, 4) is 0 Å². The first-order valence-corrected chi connectivity index (χ1v) is 6.94. The van der Waals surface area contributed by atoms with Crippen LogP contribution in [0, 0.1) is 0 Å². The van der Waals surface area contributed by atoms with E-state index in [1.165, 1.54) is 18.4 Å². The van der Waals surface area contributed by atoms with Crippen molar-refractivity contribution in [1.82, 2.24) is 15.5 Å². The molecule has 0 aromatic carbocycles. The summed E-state index contributed by atoms with van der Waals surface area (Å²) in [6, 6.07) is -0.137. The molecule has 0 spiro atoms. The van der Waals surface area contributed by atoms with Crippen molar-refractivity contribution in [3.63, 3.8) is 0 Å². The molecule has 1 fully saturated rings. The number of hydrogen-bond donors (Lipinski definition) is 2. The average Bonchev–Trinajstić information content (AvgIpc) is 3.07. The van der Waals surface area contributed by atoms with Crippen LogP contribution in [-0.4, -0.2) is 41.8 Å². The topological polar surface area (TPSA) is 93.2 Å². The lowest BCUT2D eigenvalue weighted by Crippen LogP contribution is -2.35. The normalized spacial score (nSPS) is 17.4. The Bertz CT molecular complexity index is 462. The number of methoxy groups -OCH3 is 1. The van der Waals surface area contributed by atoms with Crippen LogP contribution in [0.4, 0.5) is 5.13 Å². The highest BCUT2D eigenvalue weighted by atomic mass is 35.5. The smallest absolute Gasteiger partial charge is 0.305 e. The number of hydrogen-bond acceptors (Lipinski definition) is 7. The molecule has 0 saturated carbocycles. The SMILES string of the molecule is COC(=O)CCc1nnc(NC(=O)C2CCCN2)s1.Cl. The monoisotopic (exact) mass is 320 g/mol. The Morgan fingerprint density at radius 3 is 2.95 bits per heavy atom. The molecule has 1 atom stereocenters. The van der Waals surface area contributed by atoms with Crippen LogP contribution in [0.15, 0.2) is 0 Å². The van der Waals surface area contributed by atoms with Gasteiger partial charge in [-0.25, -0.2) is 0 Å². The molecule has 1 amide bonds. The van der Waals surface area contributed by atoms with Gasteiger partial charge in [-0.2, -0.15) is 0 Å². The number of nitrogens with zero attached hydrogens (tertiary/aromatic N) is 2. The molecule has 1 aliphatic rings. The van der Waals surface area contributed by atoms with Gasteiger partial charge in [-0.3, -0.25) is 14.9 Å². The molecule has 1 aromatic heterocycles. The Kier molecular flexibility index (Phi) is 6.83. The number of halogens is 1. The van der Waals surface area contributed by atoms with Gasteiger partial charge in [0, 0.05) is 6.42 Å². The highest BCUT2D eigenvalue weighted by molar-refractivity contribution is 7.15. The Balaban J connectivity index is 0.00000200. The van der Waals surface area contributed by atoms with E-state index in [4.69, 9.17) is 0 Å². The molecule has 2 N–H and O–H groups in total. The quantitative estimate of drug-likeness (QED) is 0.778. The lowest BCUT2D eigenvalue weighted by molar-refractivity contribution is -0.140. The average molecular weight is 321 g/mol. The van der Waals surface area contributed by atoms with E-state index in [0.717, 1.165) is 19.4 Å².